The van der Waals surface area contributed by atoms with Gasteiger partial charge in [0.1, 0.15) is 0 Å². The molecule has 0 radical (unpaired) electrons. The standard InChI is InChI=1S/C12H27N3O/c1-4-13-12(11-16-3)10-15-7-5-6-14(2)8-9-15/h12-13H,4-11H2,1-3H3. The molecule has 1 aliphatic heterocycles. The van der Waals surface area contributed by atoms with Crippen molar-refractivity contribution in [2.45, 2.75) is 19.4 Å². The molecule has 0 saturated carbocycles. The number of hydrogen-bond acceptors (Lipinski definition) is 4. The molecule has 4 heteroatoms. The molecule has 0 aliphatic carbocycles. The summed E-state index contributed by atoms with van der Waals surface area (Å²) in [6, 6.07) is 0.471. The second kappa shape index (κ2) is 8.01. The molecule has 0 aromatic carbocycles. The van der Waals surface area contributed by atoms with Gasteiger partial charge in [-0.2, -0.15) is 0 Å². The number of nitrogens with one attached hydrogen (secondary N) is 1. The first-order chi connectivity index (χ1) is 7.76. The minimum atomic E-state index is 0.471. The topological polar surface area (TPSA) is 27.7 Å². The van der Waals surface area contributed by atoms with Gasteiger partial charge in [0, 0.05) is 32.8 Å². The highest BCUT2D eigenvalue weighted by atomic mass is 16.5. The predicted molar refractivity (Wildman–Crippen MR) is 67.9 cm³/mol. The van der Waals surface area contributed by atoms with E-state index in [0.717, 1.165) is 19.7 Å². The molecule has 0 aromatic rings. The van der Waals surface area contributed by atoms with Crippen LogP contribution in [0.1, 0.15) is 13.3 Å². The van der Waals surface area contributed by atoms with Crippen LogP contribution in [-0.4, -0.2) is 75.9 Å². The Hall–Kier alpha value is -0.160. The molecule has 1 saturated heterocycles. The maximum atomic E-state index is 5.25. The zero-order valence-electron chi connectivity index (χ0n) is 11.0. The minimum absolute atomic E-state index is 0.471. The van der Waals surface area contributed by atoms with Gasteiger partial charge in [-0.15, -0.1) is 0 Å². The molecule has 0 aromatic heterocycles. The molecule has 1 aliphatic rings. The maximum absolute atomic E-state index is 5.25. The van der Waals surface area contributed by atoms with Crippen molar-refractivity contribution in [3.05, 3.63) is 0 Å². The van der Waals surface area contributed by atoms with E-state index in [1.54, 1.807) is 7.11 Å². The summed E-state index contributed by atoms with van der Waals surface area (Å²) in [5.74, 6) is 0. The molecule has 0 bridgehead atoms. The maximum Gasteiger partial charge on any atom is 0.0628 e. The predicted octanol–water partition coefficient (Wildman–Crippen LogP) is 0.248. The normalized spacial score (nSPS) is 21.9. The van der Waals surface area contributed by atoms with Crippen molar-refractivity contribution in [2.24, 2.45) is 0 Å². The number of methoxy groups -OCH3 is 1. The Kier molecular flexibility index (Phi) is 6.96. The van der Waals surface area contributed by atoms with E-state index in [9.17, 15) is 0 Å². The van der Waals surface area contributed by atoms with Crippen LogP contribution in [0.3, 0.4) is 0 Å². The number of hydrogen-bond donors (Lipinski definition) is 1. The molecular weight excluding hydrogens is 202 g/mol. The van der Waals surface area contributed by atoms with Crippen molar-refractivity contribution < 1.29 is 4.74 Å². The number of likely N-dealkylation sites (N-methyl/N-ethyl adjacent to an activating group) is 2. The molecule has 1 atom stereocenters. The van der Waals surface area contributed by atoms with Gasteiger partial charge in [0.15, 0.2) is 0 Å². The molecule has 1 heterocycles. The van der Waals surface area contributed by atoms with Gasteiger partial charge in [0.2, 0.25) is 0 Å². The first-order valence-electron chi connectivity index (χ1n) is 6.39. The highest BCUT2D eigenvalue weighted by Crippen LogP contribution is 2.02. The Balaban J connectivity index is 2.31. The average molecular weight is 229 g/mol. The first-order valence-corrected chi connectivity index (χ1v) is 6.39. The molecule has 1 rings (SSSR count). The summed E-state index contributed by atoms with van der Waals surface area (Å²) >= 11 is 0. The highest BCUT2D eigenvalue weighted by molar-refractivity contribution is 4.74. The molecule has 4 nitrogen and oxygen atoms in total. The van der Waals surface area contributed by atoms with Crippen molar-refractivity contribution in [3.8, 4) is 0 Å². The molecule has 0 amide bonds. The third-order valence-corrected chi connectivity index (χ3v) is 3.15. The van der Waals surface area contributed by atoms with Crippen LogP contribution in [-0.2, 0) is 4.74 Å². The lowest BCUT2D eigenvalue weighted by Crippen LogP contribution is -2.44. The van der Waals surface area contributed by atoms with E-state index in [0.29, 0.717) is 6.04 Å². The van der Waals surface area contributed by atoms with Gasteiger partial charge in [-0.1, -0.05) is 6.92 Å². The van der Waals surface area contributed by atoms with Gasteiger partial charge in [0.25, 0.3) is 0 Å². The SMILES string of the molecule is CCNC(COC)CN1CCCN(C)CC1. The molecular formula is C12H27N3O. The van der Waals surface area contributed by atoms with Crippen molar-refractivity contribution in [3.63, 3.8) is 0 Å². The Bertz CT molecular complexity index is 172. The van der Waals surface area contributed by atoms with Gasteiger partial charge >= 0.3 is 0 Å². The van der Waals surface area contributed by atoms with Crippen LogP contribution in [0.4, 0.5) is 0 Å². The Morgan fingerprint density at radius 2 is 2.06 bits per heavy atom. The Morgan fingerprint density at radius 1 is 1.25 bits per heavy atom. The Morgan fingerprint density at radius 3 is 2.75 bits per heavy atom. The van der Waals surface area contributed by atoms with Crippen LogP contribution in [0.15, 0.2) is 0 Å². The van der Waals surface area contributed by atoms with Gasteiger partial charge in [-0.3, -0.25) is 0 Å². The summed E-state index contributed by atoms with van der Waals surface area (Å²) in [4.78, 5) is 4.97. The minimum Gasteiger partial charge on any atom is -0.383 e. The van der Waals surface area contributed by atoms with Crippen LogP contribution in [0.2, 0.25) is 0 Å². The van der Waals surface area contributed by atoms with Crippen molar-refractivity contribution in [2.75, 3.05) is 60.0 Å². The fourth-order valence-corrected chi connectivity index (χ4v) is 2.26. The largest absolute Gasteiger partial charge is 0.383 e. The summed E-state index contributed by atoms with van der Waals surface area (Å²) in [7, 11) is 3.99. The average Bonchev–Trinajstić information content (AvgIpc) is 2.45. The second-order valence-electron chi connectivity index (χ2n) is 4.67. The highest BCUT2D eigenvalue weighted by Gasteiger charge is 2.16. The summed E-state index contributed by atoms with van der Waals surface area (Å²) in [6.45, 7) is 9.90. The summed E-state index contributed by atoms with van der Waals surface area (Å²) < 4.78 is 5.25. The summed E-state index contributed by atoms with van der Waals surface area (Å²) in [6.07, 6.45) is 1.28. The van der Waals surface area contributed by atoms with Crippen molar-refractivity contribution >= 4 is 0 Å². The van der Waals surface area contributed by atoms with E-state index in [1.165, 1.54) is 32.6 Å². The molecule has 1 N–H and O–H groups in total. The summed E-state index contributed by atoms with van der Waals surface area (Å²) in [5, 5.41) is 3.48. The second-order valence-corrected chi connectivity index (χ2v) is 4.67. The molecule has 96 valence electrons. The number of ether oxygens (including phenoxy) is 1. The molecule has 1 fully saturated rings. The van der Waals surface area contributed by atoms with E-state index < -0.39 is 0 Å². The zero-order chi connectivity index (χ0) is 11.8. The van der Waals surface area contributed by atoms with Gasteiger partial charge < -0.3 is 19.9 Å². The van der Waals surface area contributed by atoms with E-state index in [-0.39, 0.29) is 0 Å². The van der Waals surface area contributed by atoms with E-state index in [2.05, 4.69) is 29.1 Å². The lowest BCUT2D eigenvalue weighted by Gasteiger charge is -2.26. The fraction of sp³-hybridized carbons (Fsp3) is 1.00. The van der Waals surface area contributed by atoms with Crippen molar-refractivity contribution in [1.82, 2.24) is 15.1 Å². The van der Waals surface area contributed by atoms with Crippen LogP contribution < -0.4 is 5.32 Å². The van der Waals surface area contributed by atoms with Gasteiger partial charge in [-0.25, -0.2) is 0 Å². The molecule has 0 spiro atoms. The zero-order valence-corrected chi connectivity index (χ0v) is 11.0. The van der Waals surface area contributed by atoms with Crippen molar-refractivity contribution in [1.29, 1.82) is 0 Å². The van der Waals surface area contributed by atoms with Crippen LogP contribution in [0.5, 0.6) is 0 Å². The third kappa shape index (κ3) is 5.25. The first kappa shape index (κ1) is 13.9. The number of rotatable bonds is 6. The summed E-state index contributed by atoms with van der Waals surface area (Å²) in [5.41, 5.74) is 0. The number of nitrogens with zero attached hydrogens (tertiary/aromatic N) is 2. The quantitative estimate of drug-likeness (QED) is 0.706. The lowest BCUT2D eigenvalue weighted by molar-refractivity contribution is 0.140. The monoisotopic (exact) mass is 229 g/mol. The Labute approximate surface area is 99.9 Å². The molecule has 16 heavy (non-hydrogen) atoms. The van der Waals surface area contributed by atoms with Gasteiger partial charge in [-0.05, 0) is 33.1 Å². The van der Waals surface area contributed by atoms with E-state index in [1.807, 2.05) is 0 Å². The van der Waals surface area contributed by atoms with Crippen LogP contribution in [0, 0.1) is 0 Å². The lowest BCUT2D eigenvalue weighted by atomic mass is 10.2. The molecule has 1 unspecified atom stereocenters. The third-order valence-electron chi connectivity index (χ3n) is 3.15. The smallest absolute Gasteiger partial charge is 0.0628 e. The van der Waals surface area contributed by atoms with E-state index >= 15 is 0 Å². The van der Waals surface area contributed by atoms with Crippen LogP contribution in [0.25, 0.3) is 0 Å². The van der Waals surface area contributed by atoms with Gasteiger partial charge in [0.05, 0.1) is 6.61 Å². The van der Waals surface area contributed by atoms with Crippen LogP contribution >= 0.6 is 0 Å². The fourth-order valence-electron chi connectivity index (χ4n) is 2.26. The van der Waals surface area contributed by atoms with E-state index in [4.69, 9.17) is 4.74 Å².